The highest BCUT2D eigenvalue weighted by molar-refractivity contribution is 6.33. The largest absolute Gasteiger partial charge is 0.455 e. The average molecular weight is 687 g/mol. The Labute approximate surface area is 310 Å². The van der Waals surface area contributed by atoms with Crippen LogP contribution in [-0.4, -0.2) is 0 Å². The number of rotatable bonds is 3. The molecule has 0 atom stereocenters. The third kappa shape index (κ3) is 4.11. The quantitative estimate of drug-likeness (QED) is 0.173. The molecule has 0 radical (unpaired) electrons. The van der Waals surface area contributed by atoms with Gasteiger partial charge in [-0.1, -0.05) is 164 Å². The summed E-state index contributed by atoms with van der Waals surface area (Å²) in [4.78, 5) is 0. The highest BCUT2D eigenvalue weighted by Gasteiger charge is 2.22. The van der Waals surface area contributed by atoms with Crippen LogP contribution in [0.3, 0.4) is 0 Å². The molecule has 12 rings (SSSR count). The Morgan fingerprint density at radius 3 is 1.54 bits per heavy atom. The summed E-state index contributed by atoms with van der Waals surface area (Å²) in [6, 6.07) is 65.5. The molecule has 0 amide bonds. The molecule has 2 heterocycles. The second kappa shape index (κ2) is 11.2. The number of fused-ring (bicyclic) bond motifs is 13. The summed E-state index contributed by atoms with van der Waals surface area (Å²) in [5.74, 6) is 0. The molecule has 0 saturated heterocycles. The summed E-state index contributed by atoms with van der Waals surface area (Å²) in [6.07, 6.45) is 0. The van der Waals surface area contributed by atoms with Gasteiger partial charge in [0, 0.05) is 21.5 Å². The van der Waals surface area contributed by atoms with Crippen molar-refractivity contribution in [2.75, 3.05) is 0 Å². The zero-order valence-electron chi connectivity index (χ0n) is 29.1. The molecule has 2 aromatic heterocycles. The van der Waals surface area contributed by atoms with E-state index in [1.54, 1.807) is 0 Å². The van der Waals surface area contributed by atoms with Crippen molar-refractivity contribution in [3.05, 3.63) is 182 Å². The van der Waals surface area contributed by atoms with E-state index in [4.69, 9.17) is 8.83 Å². The first-order valence-electron chi connectivity index (χ1n) is 18.5. The molecule has 2 nitrogen and oxygen atoms in total. The molecule has 0 spiro atoms. The molecule has 0 aliphatic rings. The maximum Gasteiger partial charge on any atom is 0.147 e. The van der Waals surface area contributed by atoms with Crippen molar-refractivity contribution in [1.29, 1.82) is 0 Å². The van der Waals surface area contributed by atoms with Gasteiger partial charge in [-0.2, -0.15) is 0 Å². The van der Waals surface area contributed by atoms with E-state index in [1.165, 1.54) is 54.6 Å². The summed E-state index contributed by atoms with van der Waals surface area (Å²) in [5, 5.41) is 14.1. The number of hydrogen-bond donors (Lipinski definition) is 0. The van der Waals surface area contributed by atoms with Gasteiger partial charge >= 0.3 is 0 Å². The number of furan rings is 2. The van der Waals surface area contributed by atoms with Gasteiger partial charge in [-0.3, -0.25) is 0 Å². The number of para-hydroxylation sites is 1. The SMILES string of the molecule is c1ccc2c(-c3c4ccccc4c(-c4ccc(-c5ccc6c(c5)oc5c7ccccc7c7c8ccccc8oc7c65)cc4)c4ccccc34)cccc2c1. The van der Waals surface area contributed by atoms with Crippen LogP contribution in [0.4, 0.5) is 0 Å². The molecule has 0 aliphatic carbocycles. The van der Waals surface area contributed by atoms with Crippen molar-refractivity contribution in [3.8, 4) is 33.4 Å². The Hall–Kier alpha value is -7.16. The van der Waals surface area contributed by atoms with Gasteiger partial charge in [-0.05, 0) is 89.3 Å². The van der Waals surface area contributed by atoms with Crippen LogP contribution in [0.25, 0.3) is 120 Å². The fourth-order valence-electron chi connectivity index (χ4n) is 9.08. The van der Waals surface area contributed by atoms with Gasteiger partial charge in [0.15, 0.2) is 0 Å². The molecule has 0 fully saturated rings. The average Bonchev–Trinajstić information content (AvgIpc) is 3.82. The molecule has 0 aliphatic heterocycles. The Balaban J connectivity index is 1.03. The third-order valence-electron chi connectivity index (χ3n) is 11.5. The first kappa shape index (κ1) is 29.4. The summed E-state index contributed by atoms with van der Waals surface area (Å²) >= 11 is 0. The van der Waals surface area contributed by atoms with E-state index in [-0.39, 0.29) is 0 Å². The second-order valence-corrected chi connectivity index (χ2v) is 14.3. The van der Waals surface area contributed by atoms with E-state index < -0.39 is 0 Å². The van der Waals surface area contributed by atoms with E-state index in [2.05, 4.69) is 170 Å². The molecule has 2 heteroatoms. The van der Waals surface area contributed by atoms with Crippen molar-refractivity contribution in [1.82, 2.24) is 0 Å². The minimum Gasteiger partial charge on any atom is -0.455 e. The maximum absolute atomic E-state index is 6.74. The van der Waals surface area contributed by atoms with Gasteiger partial charge < -0.3 is 8.83 Å². The van der Waals surface area contributed by atoms with Crippen LogP contribution in [0.2, 0.25) is 0 Å². The zero-order chi connectivity index (χ0) is 35.3. The molecule has 10 aromatic carbocycles. The number of benzene rings is 10. The minimum absolute atomic E-state index is 0.852. The lowest BCUT2D eigenvalue weighted by atomic mass is 9.84. The fourth-order valence-corrected chi connectivity index (χ4v) is 9.08. The van der Waals surface area contributed by atoms with Crippen LogP contribution in [0.15, 0.2) is 191 Å². The van der Waals surface area contributed by atoms with Crippen molar-refractivity contribution in [3.63, 3.8) is 0 Å². The van der Waals surface area contributed by atoms with Gasteiger partial charge in [0.2, 0.25) is 0 Å². The van der Waals surface area contributed by atoms with E-state index >= 15 is 0 Å². The lowest BCUT2D eigenvalue weighted by Gasteiger charge is -2.19. The molecule has 54 heavy (non-hydrogen) atoms. The van der Waals surface area contributed by atoms with Crippen LogP contribution in [0, 0.1) is 0 Å². The zero-order valence-corrected chi connectivity index (χ0v) is 29.1. The fraction of sp³-hybridized carbons (Fsp3) is 0. The van der Waals surface area contributed by atoms with Gasteiger partial charge in [-0.15, -0.1) is 0 Å². The van der Waals surface area contributed by atoms with Gasteiger partial charge in [0.1, 0.15) is 22.3 Å². The Bertz CT molecular complexity index is 3430. The van der Waals surface area contributed by atoms with Gasteiger partial charge in [0.25, 0.3) is 0 Å². The van der Waals surface area contributed by atoms with E-state index in [0.717, 1.165) is 65.8 Å². The smallest absolute Gasteiger partial charge is 0.147 e. The lowest BCUT2D eigenvalue weighted by Crippen LogP contribution is -1.91. The highest BCUT2D eigenvalue weighted by Crippen LogP contribution is 2.47. The topological polar surface area (TPSA) is 26.3 Å². The summed E-state index contributed by atoms with van der Waals surface area (Å²) < 4.78 is 13.3. The Morgan fingerprint density at radius 2 is 0.796 bits per heavy atom. The predicted octanol–water partition coefficient (Wildman–Crippen LogP) is 15.1. The van der Waals surface area contributed by atoms with E-state index in [0.29, 0.717) is 0 Å². The van der Waals surface area contributed by atoms with Crippen LogP contribution in [0.1, 0.15) is 0 Å². The first-order valence-corrected chi connectivity index (χ1v) is 18.5. The summed E-state index contributed by atoms with van der Waals surface area (Å²) in [7, 11) is 0. The van der Waals surface area contributed by atoms with Crippen LogP contribution < -0.4 is 0 Å². The standard InChI is InChI=1S/C52H30O2/c1-2-14-35-32(12-1)13-11-22-36(35)48-39-17-5-3-15-37(39)47(38-16-4-6-18-40(38)48)33-26-24-31(25-27-33)34-28-29-44-46(30-34)54-51-42-20-8-7-19-41(42)49-43-21-9-10-23-45(43)53-52(49)50(44)51/h1-30H. The van der Waals surface area contributed by atoms with Crippen molar-refractivity contribution < 1.29 is 8.83 Å². The van der Waals surface area contributed by atoms with Gasteiger partial charge in [0.05, 0.1) is 5.39 Å². The van der Waals surface area contributed by atoms with Crippen molar-refractivity contribution in [2.24, 2.45) is 0 Å². The Kier molecular flexibility index (Phi) is 6.09. The van der Waals surface area contributed by atoms with E-state index in [1.807, 2.05) is 12.1 Å². The lowest BCUT2D eigenvalue weighted by molar-refractivity contribution is 0.665. The molecular formula is C52H30O2. The molecular weight excluding hydrogens is 657 g/mol. The Morgan fingerprint density at radius 1 is 0.278 bits per heavy atom. The monoisotopic (exact) mass is 686 g/mol. The molecule has 250 valence electrons. The molecule has 0 unspecified atom stereocenters. The van der Waals surface area contributed by atoms with Crippen molar-refractivity contribution >= 4 is 87.0 Å². The van der Waals surface area contributed by atoms with Crippen LogP contribution >= 0.6 is 0 Å². The second-order valence-electron chi connectivity index (χ2n) is 14.3. The molecule has 0 N–H and O–H groups in total. The minimum atomic E-state index is 0.852. The first-order chi connectivity index (χ1) is 26.8. The van der Waals surface area contributed by atoms with Crippen LogP contribution in [-0.2, 0) is 0 Å². The maximum atomic E-state index is 6.74. The van der Waals surface area contributed by atoms with E-state index in [9.17, 15) is 0 Å². The molecule has 0 saturated carbocycles. The molecule has 0 bridgehead atoms. The predicted molar refractivity (Wildman–Crippen MR) is 227 cm³/mol. The molecule has 12 aromatic rings. The van der Waals surface area contributed by atoms with Crippen LogP contribution in [0.5, 0.6) is 0 Å². The normalized spacial score (nSPS) is 12.1. The highest BCUT2D eigenvalue weighted by atomic mass is 16.3. The third-order valence-corrected chi connectivity index (χ3v) is 11.5. The number of hydrogen-bond acceptors (Lipinski definition) is 2. The van der Waals surface area contributed by atoms with Crippen molar-refractivity contribution in [2.45, 2.75) is 0 Å². The summed E-state index contributed by atoms with van der Waals surface area (Å²) in [6.45, 7) is 0. The van der Waals surface area contributed by atoms with Gasteiger partial charge in [-0.25, -0.2) is 0 Å². The summed E-state index contributed by atoms with van der Waals surface area (Å²) in [5.41, 5.74) is 10.7.